The van der Waals surface area contributed by atoms with Crippen molar-refractivity contribution >= 4 is 12.2 Å². The number of fused-ring (bicyclic) bond motifs is 3. The molecular formula is C27H36FN5O4. The molecule has 9 nitrogen and oxygen atoms in total. The van der Waals surface area contributed by atoms with Gasteiger partial charge in [0.25, 0.3) is 0 Å². The number of nitrogens with one attached hydrogen (secondary N) is 1. The number of carbonyl (C=O) groups is 2. The van der Waals surface area contributed by atoms with Crippen molar-refractivity contribution in [2.75, 3.05) is 27.3 Å². The molecule has 1 N–H and O–H groups in total. The predicted octanol–water partition coefficient (Wildman–Crippen LogP) is 4.11. The van der Waals surface area contributed by atoms with Crippen molar-refractivity contribution in [1.29, 1.82) is 0 Å². The monoisotopic (exact) mass is 513 g/mol. The van der Waals surface area contributed by atoms with Gasteiger partial charge in [-0.1, -0.05) is 12.1 Å². The van der Waals surface area contributed by atoms with Crippen LogP contribution in [0.1, 0.15) is 67.0 Å². The number of aryl methyl sites for hydroxylation is 1. The second-order valence-corrected chi connectivity index (χ2v) is 10.3. The van der Waals surface area contributed by atoms with Crippen molar-refractivity contribution in [3.8, 4) is 0 Å². The molecule has 2 fully saturated rings. The molecule has 2 amide bonds. The summed E-state index contributed by atoms with van der Waals surface area (Å²) < 4.78 is 26.1. The van der Waals surface area contributed by atoms with E-state index in [0.717, 1.165) is 61.4 Å². The first kappa shape index (κ1) is 25.5. The Bertz CT molecular complexity index is 1140. The maximum Gasteiger partial charge on any atom is 0.409 e. The molecule has 3 aliphatic heterocycles. The van der Waals surface area contributed by atoms with E-state index in [-0.39, 0.29) is 18.0 Å². The lowest BCUT2D eigenvalue weighted by Gasteiger charge is -2.41. The average Bonchev–Trinajstić information content (AvgIpc) is 3.35. The Hall–Kier alpha value is -3.14. The molecule has 1 aromatic heterocycles. The van der Waals surface area contributed by atoms with Crippen molar-refractivity contribution in [3.05, 3.63) is 52.9 Å². The molecule has 0 spiro atoms. The van der Waals surface area contributed by atoms with Gasteiger partial charge in [-0.3, -0.25) is 4.90 Å². The standard InChI is InChI=1S/C27H36FN5O4/c1-17-29-24-9-11-31(27(35)37-3)16-25(24)33(17)22-14-20-7-8-21(15-22)32(20)12-10-23(30-26(34)36-2)18-5-4-6-19(28)13-18/h4-6,13,20-23H,7-12,14-16H2,1-3H3,(H,30,34)/t20?,21?,22?,23-/m0/s1. The van der Waals surface area contributed by atoms with Crippen LogP contribution in [0, 0.1) is 12.7 Å². The third-order valence-electron chi connectivity index (χ3n) is 8.29. The number of nitrogens with zero attached hydrogens (tertiary/aromatic N) is 4. The topological polar surface area (TPSA) is 88.9 Å². The fourth-order valence-electron chi connectivity index (χ4n) is 6.63. The summed E-state index contributed by atoms with van der Waals surface area (Å²) in [6.45, 7) is 4.04. The SMILES string of the molecule is COC(=O)N[C@@H](CCN1C2CCC1CC(n1c(C)nc3c1CN(C(=O)OC)CC3)C2)c1cccc(F)c1. The van der Waals surface area contributed by atoms with Crippen LogP contribution in [-0.2, 0) is 22.4 Å². The number of imidazole rings is 1. The van der Waals surface area contributed by atoms with Gasteiger partial charge in [0.2, 0.25) is 0 Å². The van der Waals surface area contributed by atoms with Crippen molar-refractivity contribution in [1.82, 2.24) is 24.7 Å². The molecule has 1 aromatic carbocycles. The molecule has 0 aliphatic carbocycles. The van der Waals surface area contributed by atoms with Gasteiger partial charge < -0.3 is 24.3 Å². The van der Waals surface area contributed by atoms with Crippen molar-refractivity contribution < 1.29 is 23.5 Å². The van der Waals surface area contributed by atoms with E-state index in [0.29, 0.717) is 37.6 Å². The first-order chi connectivity index (χ1) is 17.9. The largest absolute Gasteiger partial charge is 0.453 e. The second-order valence-electron chi connectivity index (χ2n) is 10.3. The molecular weight excluding hydrogens is 477 g/mol. The molecule has 2 bridgehead atoms. The molecule has 3 atom stereocenters. The highest BCUT2D eigenvalue weighted by molar-refractivity contribution is 5.68. The van der Waals surface area contributed by atoms with Gasteiger partial charge in [-0.15, -0.1) is 0 Å². The molecule has 0 saturated carbocycles. The highest BCUT2D eigenvalue weighted by Crippen LogP contribution is 2.43. The minimum Gasteiger partial charge on any atom is -0.453 e. The summed E-state index contributed by atoms with van der Waals surface area (Å²) in [4.78, 5) is 33.4. The molecule has 4 heterocycles. The molecule has 37 heavy (non-hydrogen) atoms. The molecule has 2 aromatic rings. The molecule has 10 heteroatoms. The van der Waals surface area contributed by atoms with Crippen LogP contribution in [0.2, 0.25) is 0 Å². The van der Waals surface area contributed by atoms with Crippen LogP contribution in [0.5, 0.6) is 0 Å². The van der Waals surface area contributed by atoms with Gasteiger partial charge in [0.05, 0.1) is 38.2 Å². The molecule has 5 rings (SSSR count). The third-order valence-corrected chi connectivity index (χ3v) is 8.29. The number of piperidine rings is 1. The smallest absolute Gasteiger partial charge is 0.409 e. The fourth-order valence-corrected chi connectivity index (χ4v) is 6.63. The van der Waals surface area contributed by atoms with E-state index >= 15 is 0 Å². The van der Waals surface area contributed by atoms with Gasteiger partial charge in [0, 0.05) is 37.6 Å². The quantitative estimate of drug-likeness (QED) is 0.626. The summed E-state index contributed by atoms with van der Waals surface area (Å²) in [5.41, 5.74) is 2.98. The molecule has 0 radical (unpaired) electrons. The summed E-state index contributed by atoms with van der Waals surface area (Å²) in [5, 5.41) is 2.88. The van der Waals surface area contributed by atoms with Crippen molar-refractivity contribution in [2.45, 2.75) is 76.2 Å². The lowest BCUT2D eigenvalue weighted by atomic mass is 9.95. The van der Waals surface area contributed by atoms with E-state index in [1.807, 2.05) is 6.07 Å². The van der Waals surface area contributed by atoms with Crippen molar-refractivity contribution in [3.63, 3.8) is 0 Å². The van der Waals surface area contributed by atoms with Crippen LogP contribution < -0.4 is 5.32 Å². The van der Waals surface area contributed by atoms with Gasteiger partial charge in [0.15, 0.2) is 0 Å². The van der Waals surface area contributed by atoms with Gasteiger partial charge >= 0.3 is 12.2 Å². The van der Waals surface area contributed by atoms with E-state index in [9.17, 15) is 14.0 Å². The molecule has 2 saturated heterocycles. The first-order valence-corrected chi connectivity index (χ1v) is 13.1. The summed E-state index contributed by atoms with van der Waals surface area (Å²) in [6, 6.07) is 7.28. The average molecular weight is 514 g/mol. The lowest BCUT2D eigenvalue weighted by molar-refractivity contribution is 0.0956. The highest BCUT2D eigenvalue weighted by Gasteiger charge is 2.42. The minimum atomic E-state index is -0.516. The third kappa shape index (κ3) is 5.16. The Labute approximate surface area is 216 Å². The number of hydrogen-bond donors (Lipinski definition) is 1. The Morgan fingerprint density at radius 2 is 1.92 bits per heavy atom. The predicted molar refractivity (Wildman–Crippen MR) is 135 cm³/mol. The van der Waals surface area contributed by atoms with Crippen LogP contribution in [0.3, 0.4) is 0 Å². The Balaban J connectivity index is 1.28. The minimum absolute atomic E-state index is 0.292. The number of halogens is 1. The van der Waals surface area contributed by atoms with Gasteiger partial charge in [-0.25, -0.2) is 19.0 Å². The van der Waals surface area contributed by atoms with Gasteiger partial charge in [-0.05, 0) is 56.7 Å². The molecule has 200 valence electrons. The fraction of sp³-hybridized carbons (Fsp3) is 0.593. The van der Waals surface area contributed by atoms with Crippen LogP contribution in [0.15, 0.2) is 24.3 Å². The molecule has 2 unspecified atom stereocenters. The second kappa shape index (κ2) is 10.7. The number of hydrogen-bond acceptors (Lipinski definition) is 6. The summed E-state index contributed by atoms with van der Waals surface area (Å²) in [5.74, 6) is 0.697. The summed E-state index contributed by atoms with van der Waals surface area (Å²) in [7, 11) is 2.76. The van der Waals surface area contributed by atoms with Crippen molar-refractivity contribution in [2.24, 2.45) is 0 Å². The van der Waals surface area contributed by atoms with E-state index in [2.05, 4.69) is 21.7 Å². The number of ether oxygens (including phenoxy) is 2. The first-order valence-electron chi connectivity index (χ1n) is 13.1. The number of aromatic nitrogens is 2. The highest BCUT2D eigenvalue weighted by atomic mass is 19.1. The van der Waals surface area contributed by atoms with Gasteiger partial charge in [0.1, 0.15) is 11.6 Å². The van der Waals surface area contributed by atoms with Crippen LogP contribution >= 0.6 is 0 Å². The van der Waals surface area contributed by atoms with Crippen LogP contribution in [0.4, 0.5) is 14.0 Å². The molecule has 3 aliphatic rings. The number of alkyl carbamates (subject to hydrolysis) is 1. The number of methoxy groups -OCH3 is 2. The summed E-state index contributed by atoms with van der Waals surface area (Å²) in [6.07, 6.45) is 4.93. The Morgan fingerprint density at radius 1 is 1.16 bits per heavy atom. The lowest BCUT2D eigenvalue weighted by Crippen LogP contribution is -2.45. The van der Waals surface area contributed by atoms with Crippen LogP contribution in [0.25, 0.3) is 0 Å². The zero-order valence-electron chi connectivity index (χ0n) is 21.8. The zero-order chi connectivity index (χ0) is 26.1. The number of amides is 2. The van der Waals surface area contributed by atoms with Crippen LogP contribution in [-0.4, -0.2) is 70.9 Å². The van der Waals surface area contributed by atoms with E-state index in [1.165, 1.54) is 26.4 Å². The number of rotatable bonds is 6. The number of benzene rings is 1. The summed E-state index contributed by atoms with van der Waals surface area (Å²) >= 11 is 0. The zero-order valence-corrected chi connectivity index (χ0v) is 21.8. The van der Waals surface area contributed by atoms with E-state index < -0.39 is 6.09 Å². The Morgan fingerprint density at radius 3 is 2.59 bits per heavy atom. The van der Waals surface area contributed by atoms with E-state index in [4.69, 9.17) is 14.5 Å². The van der Waals surface area contributed by atoms with Gasteiger partial charge in [-0.2, -0.15) is 0 Å². The normalized spacial score (nSPS) is 23.9. The maximum atomic E-state index is 13.9. The Kier molecular flexibility index (Phi) is 7.37. The maximum absolute atomic E-state index is 13.9. The number of carbonyl (C=O) groups excluding carboxylic acids is 2. The van der Waals surface area contributed by atoms with E-state index in [1.54, 1.807) is 11.0 Å².